The minimum Gasteiger partial charge on any atom is -0.389 e. The minimum absolute atomic E-state index is 0.276. The normalized spacial score (nSPS) is 12.0. The summed E-state index contributed by atoms with van der Waals surface area (Å²) in [4.78, 5) is 3.24. The van der Waals surface area contributed by atoms with Crippen molar-refractivity contribution in [3.63, 3.8) is 0 Å². The number of nitrogens with two attached hydrogens (primary N) is 1. The van der Waals surface area contributed by atoms with Crippen LogP contribution >= 0.6 is 33.9 Å². The van der Waals surface area contributed by atoms with Gasteiger partial charge >= 0.3 is 6.18 Å². The molecule has 0 spiro atoms. The van der Waals surface area contributed by atoms with Gasteiger partial charge in [0.25, 0.3) is 0 Å². The number of nitrogen functional groups attached to an aromatic ring is 1. The lowest BCUT2D eigenvalue weighted by Gasteiger charge is -2.01. The van der Waals surface area contributed by atoms with Crippen molar-refractivity contribution in [2.45, 2.75) is 6.18 Å². The van der Waals surface area contributed by atoms with Gasteiger partial charge in [0, 0.05) is 0 Å². The summed E-state index contributed by atoms with van der Waals surface area (Å²) in [6.07, 6.45) is -4.43. The Balaban J connectivity index is 3.13. The molecule has 0 amide bonds. The molecule has 0 saturated carbocycles. The molecule has 0 aliphatic rings. The van der Waals surface area contributed by atoms with Gasteiger partial charge in [0.05, 0.1) is 0 Å². The molecule has 2 N–H and O–H groups in total. The number of aromatic nitrogens is 1. The summed E-state index contributed by atoms with van der Waals surface area (Å²) in [6.45, 7) is 0. The minimum atomic E-state index is -4.43. The van der Waals surface area contributed by atoms with Gasteiger partial charge < -0.3 is 5.73 Å². The highest BCUT2D eigenvalue weighted by Crippen LogP contribution is 2.36. The number of halogens is 4. The fourth-order valence-corrected chi connectivity index (χ4v) is 2.04. The lowest BCUT2D eigenvalue weighted by molar-refractivity contribution is -0.140. The molecule has 1 aromatic rings. The van der Waals surface area contributed by atoms with Crippen molar-refractivity contribution in [1.29, 1.82) is 0 Å². The Morgan fingerprint density at radius 1 is 1.45 bits per heavy atom. The first-order chi connectivity index (χ1) is 4.91. The second-order valence-corrected chi connectivity index (χ2v) is 4.46. The SMILES string of the molecule is Nc1sc(I)nc1C(F)(F)F. The summed E-state index contributed by atoms with van der Waals surface area (Å²) < 4.78 is 36.1. The van der Waals surface area contributed by atoms with Gasteiger partial charge in [0.2, 0.25) is 0 Å². The molecule has 2 nitrogen and oxygen atoms in total. The molecule has 0 unspecified atom stereocenters. The molecule has 0 aromatic carbocycles. The third-order valence-corrected chi connectivity index (χ3v) is 2.47. The molecule has 0 radical (unpaired) electrons. The number of hydrogen-bond acceptors (Lipinski definition) is 3. The molecule has 1 aromatic heterocycles. The van der Waals surface area contributed by atoms with Gasteiger partial charge in [-0.1, -0.05) is 11.3 Å². The van der Waals surface area contributed by atoms with E-state index in [1.54, 1.807) is 22.6 Å². The van der Waals surface area contributed by atoms with E-state index in [-0.39, 0.29) is 5.00 Å². The molecule has 0 aliphatic carbocycles. The summed E-state index contributed by atoms with van der Waals surface area (Å²) in [5.74, 6) is 0. The second-order valence-electron chi connectivity index (χ2n) is 1.68. The summed E-state index contributed by atoms with van der Waals surface area (Å²) in [5.41, 5.74) is 4.08. The van der Waals surface area contributed by atoms with Crippen LogP contribution in [0.2, 0.25) is 0 Å². The maximum absolute atomic E-state index is 11.9. The van der Waals surface area contributed by atoms with Gasteiger partial charge in [-0.25, -0.2) is 4.98 Å². The van der Waals surface area contributed by atoms with E-state index in [4.69, 9.17) is 5.73 Å². The van der Waals surface area contributed by atoms with E-state index in [1.165, 1.54) is 0 Å². The Hall–Kier alpha value is -0.0500. The van der Waals surface area contributed by atoms with E-state index in [9.17, 15) is 13.2 Å². The van der Waals surface area contributed by atoms with Crippen LogP contribution in [0, 0.1) is 3.01 Å². The predicted octanol–water partition coefficient (Wildman–Crippen LogP) is 2.35. The summed E-state index contributed by atoms with van der Waals surface area (Å²) in [7, 11) is 0. The standard InChI is InChI=1S/C4H2F3IN2S/c5-4(6,7)1-2(9)11-3(8)10-1/h9H2. The largest absolute Gasteiger partial charge is 0.436 e. The Bertz CT molecular complexity index is 269. The lowest BCUT2D eigenvalue weighted by atomic mass is 10.4. The Labute approximate surface area is 77.8 Å². The van der Waals surface area contributed by atoms with Crippen molar-refractivity contribution in [3.8, 4) is 0 Å². The third kappa shape index (κ3) is 1.95. The smallest absolute Gasteiger partial charge is 0.389 e. The quantitative estimate of drug-likeness (QED) is 0.746. The van der Waals surface area contributed by atoms with E-state index in [0.717, 1.165) is 11.3 Å². The van der Waals surface area contributed by atoms with Crippen LogP contribution < -0.4 is 5.73 Å². The van der Waals surface area contributed by atoms with Gasteiger partial charge in [0.1, 0.15) is 5.00 Å². The van der Waals surface area contributed by atoms with Gasteiger partial charge in [-0.2, -0.15) is 13.2 Å². The fourth-order valence-electron chi connectivity index (χ4n) is 0.508. The maximum atomic E-state index is 11.9. The van der Waals surface area contributed by atoms with Gasteiger partial charge in [-0.3, -0.25) is 0 Å². The zero-order valence-corrected chi connectivity index (χ0v) is 7.92. The molecular weight excluding hydrogens is 292 g/mol. The Morgan fingerprint density at radius 3 is 2.18 bits per heavy atom. The van der Waals surface area contributed by atoms with Crippen molar-refractivity contribution < 1.29 is 13.2 Å². The Morgan fingerprint density at radius 2 is 2.00 bits per heavy atom. The molecule has 0 aliphatic heterocycles. The van der Waals surface area contributed by atoms with Crippen LogP contribution in [-0.4, -0.2) is 4.98 Å². The zero-order chi connectivity index (χ0) is 8.65. The number of hydrogen-bond donors (Lipinski definition) is 1. The van der Waals surface area contributed by atoms with Gasteiger partial charge in [-0.15, -0.1) is 0 Å². The van der Waals surface area contributed by atoms with Crippen LogP contribution in [0.5, 0.6) is 0 Å². The topological polar surface area (TPSA) is 38.9 Å². The number of nitrogens with zero attached hydrogens (tertiary/aromatic N) is 1. The number of alkyl halides is 3. The molecule has 0 fully saturated rings. The average Bonchev–Trinajstić information content (AvgIpc) is 2.08. The molecule has 7 heteroatoms. The summed E-state index contributed by atoms with van der Waals surface area (Å²) in [6, 6.07) is 0. The molecule has 11 heavy (non-hydrogen) atoms. The van der Waals surface area contributed by atoms with E-state index in [1.807, 2.05) is 0 Å². The number of thiazole rings is 1. The van der Waals surface area contributed by atoms with Crippen LogP contribution in [0.1, 0.15) is 5.69 Å². The van der Waals surface area contributed by atoms with Crippen LogP contribution in [0.4, 0.5) is 18.2 Å². The van der Waals surface area contributed by atoms with Gasteiger partial charge in [-0.05, 0) is 22.6 Å². The van der Waals surface area contributed by atoms with Crippen molar-refractivity contribution in [3.05, 3.63) is 8.71 Å². The van der Waals surface area contributed by atoms with E-state index >= 15 is 0 Å². The highest BCUT2D eigenvalue weighted by molar-refractivity contribution is 14.1. The monoisotopic (exact) mass is 294 g/mol. The first-order valence-corrected chi connectivity index (χ1v) is 4.30. The molecule has 0 bridgehead atoms. The molecule has 0 atom stereocenters. The van der Waals surface area contributed by atoms with Crippen LogP contribution in [-0.2, 0) is 6.18 Å². The van der Waals surface area contributed by atoms with Gasteiger partial charge in [0.15, 0.2) is 8.71 Å². The fraction of sp³-hybridized carbons (Fsp3) is 0.250. The summed E-state index contributed by atoms with van der Waals surface area (Å²) >= 11 is 2.52. The molecular formula is C4H2F3IN2S. The van der Waals surface area contributed by atoms with E-state index in [2.05, 4.69) is 4.98 Å². The summed E-state index contributed by atoms with van der Waals surface area (Å²) in [5, 5.41) is -0.276. The highest BCUT2D eigenvalue weighted by atomic mass is 127. The van der Waals surface area contributed by atoms with E-state index in [0.29, 0.717) is 3.01 Å². The Kier molecular flexibility index (Phi) is 2.28. The zero-order valence-electron chi connectivity index (χ0n) is 4.94. The lowest BCUT2D eigenvalue weighted by Crippen LogP contribution is -2.08. The van der Waals surface area contributed by atoms with E-state index < -0.39 is 11.9 Å². The van der Waals surface area contributed by atoms with Crippen LogP contribution in [0.15, 0.2) is 0 Å². The predicted molar refractivity (Wildman–Crippen MR) is 44.2 cm³/mol. The average molecular weight is 294 g/mol. The van der Waals surface area contributed by atoms with Crippen molar-refractivity contribution >= 4 is 38.9 Å². The second kappa shape index (κ2) is 2.77. The number of anilines is 1. The molecule has 1 rings (SSSR count). The first kappa shape index (κ1) is 9.04. The van der Waals surface area contributed by atoms with Crippen molar-refractivity contribution in [1.82, 2.24) is 4.98 Å². The molecule has 62 valence electrons. The maximum Gasteiger partial charge on any atom is 0.436 e. The number of rotatable bonds is 0. The molecule has 1 heterocycles. The van der Waals surface area contributed by atoms with Crippen molar-refractivity contribution in [2.24, 2.45) is 0 Å². The highest BCUT2D eigenvalue weighted by Gasteiger charge is 2.36. The third-order valence-electron chi connectivity index (χ3n) is 0.896. The van der Waals surface area contributed by atoms with Crippen molar-refractivity contribution in [2.75, 3.05) is 5.73 Å². The first-order valence-electron chi connectivity index (χ1n) is 2.40. The van der Waals surface area contributed by atoms with Crippen LogP contribution in [0.25, 0.3) is 0 Å². The molecule has 0 saturated heterocycles. The van der Waals surface area contributed by atoms with Crippen LogP contribution in [0.3, 0.4) is 0 Å².